The van der Waals surface area contributed by atoms with Crippen molar-refractivity contribution in [3.8, 4) is 5.88 Å². The van der Waals surface area contributed by atoms with Crippen LogP contribution in [0.15, 0.2) is 17.8 Å². The topological polar surface area (TPSA) is 63.2 Å². The number of hydrogen-bond acceptors (Lipinski definition) is 7. The number of nitrogens with zero attached hydrogens (tertiary/aromatic N) is 4. The summed E-state index contributed by atoms with van der Waals surface area (Å²) in [7, 11) is 0. The molecule has 0 bridgehead atoms. The minimum Gasteiger partial charge on any atom is -0.478 e. The Morgan fingerprint density at radius 1 is 1.32 bits per heavy atom. The smallest absolute Gasteiger partial charge is 0.218 e. The lowest BCUT2D eigenvalue weighted by Gasteiger charge is -2.12. The number of ether oxygens (including phenoxy) is 1. The maximum Gasteiger partial charge on any atom is 0.218 e. The first-order valence-corrected chi connectivity index (χ1v) is 8.61. The van der Waals surface area contributed by atoms with Crippen molar-refractivity contribution in [2.75, 3.05) is 36.5 Å². The zero-order valence-electron chi connectivity index (χ0n) is 12.8. The van der Waals surface area contributed by atoms with Crippen molar-refractivity contribution in [1.82, 2.24) is 15.0 Å². The molecule has 1 aliphatic heterocycles. The van der Waals surface area contributed by atoms with Gasteiger partial charge in [-0.1, -0.05) is 0 Å². The molecule has 1 aliphatic rings. The van der Waals surface area contributed by atoms with E-state index in [9.17, 15) is 0 Å². The normalized spacial score (nSPS) is 14.3. The average molecular weight is 319 g/mol. The summed E-state index contributed by atoms with van der Waals surface area (Å²) in [5.41, 5.74) is 1.14. The van der Waals surface area contributed by atoms with Crippen molar-refractivity contribution in [1.29, 1.82) is 0 Å². The highest BCUT2D eigenvalue weighted by atomic mass is 32.1. The van der Waals surface area contributed by atoms with E-state index in [0.29, 0.717) is 12.5 Å². The van der Waals surface area contributed by atoms with Gasteiger partial charge in [-0.15, -0.1) is 11.3 Å². The SMILES string of the molecule is CCOc1cc(NCCc2csc(N3CCCC3)n2)ncn1. The summed E-state index contributed by atoms with van der Waals surface area (Å²) in [6, 6.07) is 1.82. The van der Waals surface area contributed by atoms with E-state index >= 15 is 0 Å². The highest BCUT2D eigenvalue weighted by molar-refractivity contribution is 7.13. The summed E-state index contributed by atoms with van der Waals surface area (Å²) in [5.74, 6) is 1.39. The molecule has 0 atom stereocenters. The third-order valence-electron chi connectivity index (χ3n) is 3.54. The Morgan fingerprint density at radius 2 is 2.18 bits per heavy atom. The molecule has 2 aromatic rings. The first kappa shape index (κ1) is 15.0. The third kappa shape index (κ3) is 3.85. The van der Waals surface area contributed by atoms with Crippen LogP contribution in [0.3, 0.4) is 0 Å². The number of aromatic nitrogens is 3. The Balaban J connectivity index is 1.49. The van der Waals surface area contributed by atoms with Gasteiger partial charge >= 0.3 is 0 Å². The monoisotopic (exact) mass is 319 g/mol. The molecule has 3 rings (SSSR count). The van der Waals surface area contributed by atoms with Gasteiger partial charge in [0.2, 0.25) is 5.88 Å². The molecule has 0 unspecified atom stereocenters. The molecule has 0 aliphatic carbocycles. The van der Waals surface area contributed by atoms with Crippen molar-refractivity contribution < 1.29 is 4.74 Å². The number of anilines is 2. The zero-order valence-corrected chi connectivity index (χ0v) is 13.6. The van der Waals surface area contributed by atoms with Crippen LogP contribution in [-0.4, -0.2) is 41.2 Å². The molecular weight excluding hydrogens is 298 g/mol. The Hall–Kier alpha value is -1.89. The van der Waals surface area contributed by atoms with Gasteiger partial charge in [-0.2, -0.15) is 0 Å². The van der Waals surface area contributed by atoms with E-state index in [1.54, 1.807) is 11.3 Å². The number of nitrogens with one attached hydrogen (secondary N) is 1. The van der Waals surface area contributed by atoms with Crippen molar-refractivity contribution in [2.45, 2.75) is 26.2 Å². The zero-order chi connectivity index (χ0) is 15.2. The first-order chi connectivity index (χ1) is 10.8. The molecule has 1 fully saturated rings. The lowest BCUT2D eigenvalue weighted by atomic mass is 10.3. The lowest BCUT2D eigenvalue weighted by molar-refractivity contribution is 0.326. The van der Waals surface area contributed by atoms with E-state index in [2.05, 4.69) is 25.6 Å². The molecule has 0 radical (unpaired) electrons. The van der Waals surface area contributed by atoms with Crippen LogP contribution < -0.4 is 15.0 Å². The van der Waals surface area contributed by atoms with E-state index < -0.39 is 0 Å². The molecule has 3 heterocycles. The summed E-state index contributed by atoms with van der Waals surface area (Å²) in [6.45, 7) is 5.63. The van der Waals surface area contributed by atoms with Gasteiger partial charge in [0.15, 0.2) is 5.13 Å². The second-order valence-electron chi connectivity index (χ2n) is 5.17. The van der Waals surface area contributed by atoms with Gasteiger partial charge in [0.25, 0.3) is 0 Å². The van der Waals surface area contributed by atoms with Gasteiger partial charge in [0, 0.05) is 37.5 Å². The molecule has 2 aromatic heterocycles. The van der Waals surface area contributed by atoms with Crippen LogP contribution in [0.1, 0.15) is 25.5 Å². The van der Waals surface area contributed by atoms with Crippen molar-refractivity contribution >= 4 is 22.3 Å². The summed E-state index contributed by atoms with van der Waals surface area (Å²) in [4.78, 5) is 15.3. The Morgan fingerprint density at radius 3 is 3.00 bits per heavy atom. The third-order valence-corrected chi connectivity index (χ3v) is 4.49. The Kier molecular flexibility index (Phi) is 5.05. The maximum atomic E-state index is 5.36. The minimum absolute atomic E-state index is 0.602. The minimum atomic E-state index is 0.602. The number of thiazole rings is 1. The van der Waals surface area contributed by atoms with E-state index in [1.807, 2.05) is 13.0 Å². The maximum absolute atomic E-state index is 5.36. The average Bonchev–Trinajstić information content (AvgIpc) is 3.19. The van der Waals surface area contributed by atoms with Gasteiger partial charge in [0.1, 0.15) is 12.1 Å². The highest BCUT2D eigenvalue weighted by Gasteiger charge is 2.15. The molecular formula is C15H21N5OS. The molecule has 0 amide bonds. The molecule has 6 nitrogen and oxygen atoms in total. The van der Waals surface area contributed by atoms with Crippen LogP contribution in [0.2, 0.25) is 0 Å². The fourth-order valence-electron chi connectivity index (χ4n) is 2.45. The van der Waals surface area contributed by atoms with Gasteiger partial charge in [-0.3, -0.25) is 0 Å². The van der Waals surface area contributed by atoms with Gasteiger partial charge in [-0.05, 0) is 19.8 Å². The summed E-state index contributed by atoms with van der Waals surface area (Å²) < 4.78 is 5.36. The van der Waals surface area contributed by atoms with Crippen LogP contribution in [0.25, 0.3) is 0 Å². The fraction of sp³-hybridized carbons (Fsp3) is 0.533. The van der Waals surface area contributed by atoms with E-state index in [1.165, 1.54) is 19.2 Å². The molecule has 22 heavy (non-hydrogen) atoms. The van der Waals surface area contributed by atoms with Crippen LogP contribution >= 0.6 is 11.3 Å². The highest BCUT2D eigenvalue weighted by Crippen LogP contribution is 2.24. The predicted molar refractivity (Wildman–Crippen MR) is 89.0 cm³/mol. The number of rotatable bonds is 7. The standard InChI is InChI=1S/C15H21N5OS/c1-2-21-14-9-13(17-11-18-14)16-6-5-12-10-22-15(19-12)20-7-3-4-8-20/h9-11H,2-8H2,1H3,(H,16,17,18). The quantitative estimate of drug-likeness (QED) is 0.846. The van der Waals surface area contributed by atoms with Crippen molar-refractivity contribution in [2.24, 2.45) is 0 Å². The Bertz CT molecular complexity index is 597. The van der Waals surface area contributed by atoms with Gasteiger partial charge in [-0.25, -0.2) is 15.0 Å². The molecule has 1 saturated heterocycles. The van der Waals surface area contributed by atoms with Crippen molar-refractivity contribution in [3.05, 3.63) is 23.5 Å². The second kappa shape index (κ2) is 7.40. The van der Waals surface area contributed by atoms with E-state index in [4.69, 9.17) is 9.72 Å². The van der Waals surface area contributed by atoms with E-state index in [-0.39, 0.29) is 0 Å². The van der Waals surface area contributed by atoms with Crippen molar-refractivity contribution in [3.63, 3.8) is 0 Å². The molecule has 0 spiro atoms. The molecule has 7 heteroatoms. The van der Waals surface area contributed by atoms with Crippen LogP contribution in [-0.2, 0) is 6.42 Å². The van der Waals surface area contributed by atoms with Crippen LogP contribution in [0.4, 0.5) is 10.9 Å². The second-order valence-corrected chi connectivity index (χ2v) is 6.00. The summed E-state index contributed by atoms with van der Waals surface area (Å²) in [6.07, 6.45) is 4.97. The molecule has 0 aromatic carbocycles. The van der Waals surface area contributed by atoms with E-state index in [0.717, 1.165) is 42.7 Å². The number of hydrogen-bond donors (Lipinski definition) is 1. The summed E-state index contributed by atoms with van der Waals surface area (Å²) in [5, 5.41) is 6.60. The van der Waals surface area contributed by atoms with Gasteiger partial charge < -0.3 is 15.0 Å². The predicted octanol–water partition coefficient (Wildman–Crippen LogP) is 2.59. The largest absolute Gasteiger partial charge is 0.478 e. The molecule has 118 valence electrons. The molecule has 1 N–H and O–H groups in total. The lowest BCUT2D eigenvalue weighted by Crippen LogP contribution is -2.17. The summed E-state index contributed by atoms with van der Waals surface area (Å²) >= 11 is 1.74. The van der Waals surface area contributed by atoms with Crippen LogP contribution in [0, 0.1) is 0 Å². The van der Waals surface area contributed by atoms with Crippen LogP contribution in [0.5, 0.6) is 5.88 Å². The molecule has 0 saturated carbocycles. The first-order valence-electron chi connectivity index (χ1n) is 7.73. The van der Waals surface area contributed by atoms with Gasteiger partial charge in [0.05, 0.1) is 12.3 Å². The fourth-order valence-corrected chi connectivity index (χ4v) is 3.36. The Labute approximate surface area is 134 Å².